The number of nitrogens with two attached hydrogens (primary N) is 1. The van der Waals surface area contributed by atoms with Crippen LogP contribution in [0.3, 0.4) is 0 Å². The average molecular weight is 574 g/mol. The number of nitrogens with zero attached hydrogens (tertiary/aromatic N) is 4. The van der Waals surface area contributed by atoms with Gasteiger partial charge in [0.2, 0.25) is 5.75 Å². The van der Waals surface area contributed by atoms with Gasteiger partial charge < -0.3 is 24.7 Å². The third kappa shape index (κ3) is 4.50. The summed E-state index contributed by atoms with van der Waals surface area (Å²) in [4.78, 5) is 24.0. The van der Waals surface area contributed by atoms with Crippen LogP contribution in [0.1, 0.15) is 43.9 Å². The number of hydrogen-bond donors (Lipinski definition) is 1. The maximum atomic E-state index is 14.1. The van der Waals surface area contributed by atoms with Crippen LogP contribution in [0.5, 0.6) is 5.75 Å². The van der Waals surface area contributed by atoms with Crippen molar-refractivity contribution >= 4 is 51.6 Å². The monoisotopic (exact) mass is 573 g/mol. The molecule has 2 bridgehead atoms. The van der Waals surface area contributed by atoms with Crippen LogP contribution in [-0.4, -0.2) is 70.5 Å². The van der Waals surface area contributed by atoms with Crippen LogP contribution in [0.4, 0.5) is 15.0 Å². The summed E-state index contributed by atoms with van der Waals surface area (Å²) >= 11 is 12.5. The number of carbonyl (C=O) groups is 1. The van der Waals surface area contributed by atoms with Crippen LogP contribution in [0.2, 0.25) is 10.0 Å². The number of ether oxygens (including phenoxy) is 1. The van der Waals surface area contributed by atoms with Gasteiger partial charge in [-0.1, -0.05) is 36.2 Å². The quantitative estimate of drug-likeness (QED) is 0.377. The number of piperazine rings is 1. The van der Waals surface area contributed by atoms with Crippen LogP contribution >= 0.6 is 23.2 Å². The molecule has 0 saturated carbocycles. The van der Waals surface area contributed by atoms with Crippen molar-refractivity contribution < 1.29 is 18.3 Å². The summed E-state index contributed by atoms with van der Waals surface area (Å²) < 4.78 is 26.1. The molecule has 2 fully saturated rings. The average Bonchev–Trinajstić information content (AvgIpc) is 3.67. The standard InChI is InChI=1S/C28H30Cl2FN5O3/c1-3-34-12-18-10-17(34)13-36(18)28(37)35-8-6-16(7-9-35)20-14-38-25-19(20)11-33-27(32)26(25)39-15(2)23-21(29)4-5-22(31)24(23)30/h4-6,11,14-15,17-18H,3,7-10,12-13H2,1-2H3,(H2,32,33). The van der Waals surface area contributed by atoms with Gasteiger partial charge in [-0.05, 0) is 44.0 Å². The molecule has 2 saturated heterocycles. The van der Waals surface area contributed by atoms with Crippen molar-refractivity contribution in [1.82, 2.24) is 19.7 Å². The lowest BCUT2D eigenvalue weighted by Gasteiger charge is -2.37. The van der Waals surface area contributed by atoms with Crippen molar-refractivity contribution in [2.45, 2.75) is 44.9 Å². The van der Waals surface area contributed by atoms with Gasteiger partial charge in [-0.15, -0.1) is 0 Å². The van der Waals surface area contributed by atoms with Gasteiger partial charge in [0.05, 0.1) is 16.7 Å². The summed E-state index contributed by atoms with van der Waals surface area (Å²) in [6.07, 6.45) is 6.43. The van der Waals surface area contributed by atoms with Crippen LogP contribution in [0.15, 0.2) is 35.1 Å². The Labute approximate surface area is 236 Å². The van der Waals surface area contributed by atoms with Gasteiger partial charge in [0.25, 0.3) is 0 Å². The molecule has 8 nitrogen and oxygen atoms in total. The molecule has 2 amide bonds. The van der Waals surface area contributed by atoms with E-state index in [1.165, 1.54) is 12.1 Å². The van der Waals surface area contributed by atoms with Crippen molar-refractivity contribution in [3.8, 4) is 5.75 Å². The first-order valence-corrected chi connectivity index (χ1v) is 14.0. The molecule has 3 aromatic rings. The fraction of sp³-hybridized carbons (Fsp3) is 0.429. The predicted molar refractivity (Wildman–Crippen MR) is 150 cm³/mol. The molecule has 3 aliphatic rings. The van der Waals surface area contributed by atoms with Crippen LogP contribution < -0.4 is 10.5 Å². The zero-order valence-corrected chi connectivity index (χ0v) is 23.3. The number of likely N-dealkylation sites (tertiary alicyclic amines) is 2. The SMILES string of the molecule is CCN1CC2CC1CN2C(=O)N1CC=C(c2coc3c(OC(C)c4c(Cl)ccc(F)c4Cl)c(N)ncc23)CC1. The number of benzene rings is 1. The summed E-state index contributed by atoms with van der Waals surface area (Å²) in [5, 5.41) is 0.916. The van der Waals surface area contributed by atoms with Gasteiger partial charge in [-0.2, -0.15) is 0 Å². The summed E-state index contributed by atoms with van der Waals surface area (Å²) in [5.41, 5.74) is 8.85. The van der Waals surface area contributed by atoms with Crippen LogP contribution in [0, 0.1) is 5.82 Å². The fourth-order valence-electron chi connectivity index (χ4n) is 6.13. The molecule has 206 valence electrons. The third-order valence-corrected chi connectivity index (χ3v) is 8.93. The Morgan fingerprint density at radius 3 is 2.82 bits per heavy atom. The molecular weight excluding hydrogens is 544 g/mol. The molecule has 5 heterocycles. The van der Waals surface area contributed by atoms with Crippen LogP contribution in [-0.2, 0) is 0 Å². The lowest BCUT2D eigenvalue weighted by molar-refractivity contribution is 0.115. The number of rotatable bonds is 5. The molecule has 3 aliphatic heterocycles. The van der Waals surface area contributed by atoms with Gasteiger partial charge in [0, 0.05) is 60.6 Å². The lowest BCUT2D eigenvalue weighted by atomic mass is 9.99. The van der Waals surface area contributed by atoms with Crippen molar-refractivity contribution in [1.29, 1.82) is 0 Å². The van der Waals surface area contributed by atoms with E-state index in [1.54, 1.807) is 19.4 Å². The van der Waals surface area contributed by atoms with E-state index in [1.807, 2.05) is 4.90 Å². The second-order valence-corrected chi connectivity index (χ2v) is 11.2. The van der Waals surface area contributed by atoms with E-state index in [0.29, 0.717) is 42.7 Å². The number of aromatic nitrogens is 1. The third-order valence-electron chi connectivity index (χ3n) is 8.21. The van der Waals surface area contributed by atoms with E-state index < -0.39 is 11.9 Å². The van der Waals surface area contributed by atoms with Crippen molar-refractivity contribution in [2.24, 2.45) is 0 Å². The summed E-state index contributed by atoms with van der Waals surface area (Å²) in [5.74, 6) is -0.219. The molecule has 2 aromatic heterocycles. The van der Waals surface area contributed by atoms with E-state index in [2.05, 4.69) is 27.8 Å². The highest BCUT2D eigenvalue weighted by atomic mass is 35.5. The topological polar surface area (TPSA) is 88.1 Å². The lowest BCUT2D eigenvalue weighted by Crippen LogP contribution is -2.53. The summed E-state index contributed by atoms with van der Waals surface area (Å²) in [6, 6.07) is 3.57. The molecule has 3 atom stereocenters. The minimum Gasteiger partial charge on any atom is -0.478 e. The number of nitrogen functional groups attached to an aromatic ring is 1. The van der Waals surface area contributed by atoms with E-state index in [0.717, 1.165) is 42.6 Å². The molecular formula is C28H30Cl2FN5O3. The number of carbonyl (C=O) groups excluding carboxylic acids is 1. The number of amides is 2. The summed E-state index contributed by atoms with van der Waals surface area (Å²) in [6.45, 7) is 7.87. The van der Waals surface area contributed by atoms with Gasteiger partial charge in [0.15, 0.2) is 11.4 Å². The number of urea groups is 1. The first kappa shape index (κ1) is 26.2. The maximum absolute atomic E-state index is 14.1. The Hall–Kier alpha value is -3.01. The summed E-state index contributed by atoms with van der Waals surface area (Å²) in [7, 11) is 0. The predicted octanol–water partition coefficient (Wildman–Crippen LogP) is 5.98. The molecule has 1 aromatic carbocycles. The Morgan fingerprint density at radius 1 is 1.31 bits per heavy atom. The molecule has 6 rings (SSSR count). The highest BCUT2D eigenvalue weighted by molar-refractivity contribution is 6.36. The molecule has 11 heteroatoms. The molecule has 0 spiro atoms. The van der Waals surface area contributed by atoms with E-state index in [-0.39, 0.29) is 27.6 Å². The zero-order chi connectivity index (χ0) is 27.4. The number of halogens is 3. The van der Waals surface area contributed by atoms with Gasteiger partial charge >= 0.3 is 6.03 Å². The Bertz CT molecular complexity index is 1480. The van der Waals surface area contributed by atoms with Crippen molar-refractivity contribution in [3.05, 3.63) is 57.7 Å². The number of hydrogen-bond acceptors (Lipinski definition) is 6. The Morgan fingerprint density at radius 2 is 2.13 bits per heavy atom. The number of likely N-dealkylation sites (N-methyl/N-ethyl adjacent to an activating group) is 1. The molecule has 0 radical (unpaired) electrons. The van der Waals surface area contributed by atoms with Crippen molar-refractivity contribution in [3.63, 3.8) is 0 Å². The van der Waals surface area contributed by atoms with Crippen molar-refractivity contribution in [2.75, 3.05) is 38.5 Å². The second-order valence-electron chi connectivity index (χ2n) is 10.4. The number of furan rings is 1. The Balaban J connectivity index is 1.21. The highest BCUT2D eigenvalue weighted by Crippen LogP contribution is 2.41. The van der Waals surface area contributed by atoms with E-state index in [9.17, 15) is 9.18 Å². The smallest absolute Gasteiger partial charge is 0.320 e. The number of pyridine rings is 1. The minimum absolute atomic E-state index is 0.107. The van der Waals surface area contributed by atoms with E-state index in [4.69, 9.17) is 38.1 Å². The van der Waals surface area contributed by atoms with E-state index >= 15 is 0 Å². The second kappa shape index (κ2) is 10.2. The normalized spacial score (nSPS) is 22.0. The number of fused-ring (bicyclic) bond motifs is 3. The van der Waals surface area contributed by atoms with Gasteiger partial charge in [-0.25, -0.2) is 14.2 Å². The molecule has 39 heavy (non-hydrogen) atoms. The Kier molecular flexibility index (Phi) is 6.85. The van der Waals surface area contributed by atoms with Gasteiger partial charge in [0.1, 0.15) is 11.9 Å². The molecule has 0 aliphatic carbocycles. The number of anilines is 1. The maximum Gasteiger partial charge on any atom is 0.320 e. The minimum atomic E-state index is -0.720. The zero-order valence-electron chi connectivity index (χ0n) is 21.8. The first-order valence-electron chi connectivity index (χ1n) is 13.2. The molecule has 3 unspecified atom stereocenters. The van der Waals surface area contributed by atoms with Gasteiger partial charge in [-0.3, -0.25) is 4.90 Å². The molecule has 2 N–H and O–H groups in total. The largest absolute Gasteiger partial charge is 0.478 e. The highest BCUT2D eigenvalue weighted by Gasteiger charge is 2.45. The fourth-order valence-corrected chi connectivity index (χ4v) is 6.81. The van der Waals surface area contributed by atoms with Crippen LogP contribution in [0.25, 0.3) is 16.5 Å². The first-order chi connectivity index (χ1) is 18.8.